The minimum absolute atomic E-state index is 0.0451. The topological polar surface area (TPSA) is 62.0 Å². The average molecular weight is 365 g/mol. The molecule has 0 aromatic heterocycles. The molecular formula is C23H27NO3. The van der Waals surface area contributed by atoms with Gasteiger partial charge in [-0.25, -0.2) is 0 Å². The molecule has 27 heavy (non-hydrogen) atoms. The molecule has 0 amide bonds. The van der Waals surface area contributed by atoms with Gasteiger partial charge in [0.05, 0.1) is 5.71 Å². The Balaban J connectivity index is 1.73. The average Bonchev–Trinajstić information content (AvgIpc) is 2.68. The third-order valence-corrected chi connectivity index (χ3v) is 6.29. The van der Waals surface area contributed by atoms with Gasteiger partial charge in [0.2, 0.25) is 0 Å². The first-order valence-electron chi connectivity index (χ1n) is 9.89. The van der Waals surface area contributed by atoms with E-state index in [4.69, 9.17) is 4.84 Å². The van der Waals surface area contributed by atoms with Gasteiger partial charge in [-0.2, -0.15) is 0 Å². The van der Waals surface area contributed by atoms with Crippen LogP contribution in [0.15, 0.2) is 47.6 Å². The zero-order valence-electron chi connectivity index (χ0n) is 15.8. The predicted molar refractivity (Wildman–Crippen MR) is 106 cm³/mol. The van der Waals surface area contributed by atoms with Gasteiger partial charge in [0.1, 0.15) is 18.1 Å². The van der Waals surface area contributed by atoms with E-state index in [1.54, 1.807) is 12.1 Å². The monoisotopic (exact) mass is 365 g/mol. The summed E-state index contributed by atoms with van der Waals surface area (Å²) in [5.74, 6) is 1.16. The Labute approximate surface area is 160 Å². The van der Waals surface area contributed by atoms with Crippen LogP contribution in [0.5, 0.6) is 11.5 Å². The third-order valence-electron chi connectivity index (χ3n) is 6.29. The second-order valence-electron chi connectivity index (χ2n) is 7.86. The first kappa shape index (κ1) is 17.9. The zero-order chi connectivity index (χ0) is 18.9. The number of hydrogen-bond acceptors (Lipinski definition) is 4. The summed E-state index contributed by atoms with van der Waals surface area (Å²) in [7, 11) is 0. The van der Waals surface area contributed by atoms with Crippen LogP contribution in [0.25, 0.3) is 0 Å². The van der Waals surface area contributed by atoms with Gasteiger partial charge in [-0.15, -0.1) is 0 Å². The smallest absolute Gasteiger partial charge is 0.115 e. The number of benzene rings is 2. The lowest BCUT2D eigenvalue weighted by Gasteiger charge is -2.49. The van der Waals surface area contributed by atoms with Crippen molar-refractivity contribution in [3.8, 4) is 11.5 Å². The van der Waals surface area contributed by atoms with Crippen molar-refractivity contribution in [2.75, 3.05) is 6.61 Å². The highest BCUT2D eigenvalue weighted by Crippen LogP contribution is 2.52. The van der Waals surface area contributed by atoms with Gasteiger partial charge in [0.15, 0.2) is 0 Å². The van der Waals surface area contributed by atoms with Crippen molar-refractivity contribution in [3.05, 3.63) is 59.2 Å². The highest BCUT2D eigenvalue weighted by atomic mass is 16.6. The molecule has 4 heteroatoms. The molecule has 1 fully saturated rings. The van der Waals surface area contributed by atoms with E-state index in [2.05, 4.69) is 11.2 Å². The largest absolute Gasteiger partial charge is 0.508 e. The lowest BCUT2D eigenvalue weighted by molar-refractivity contribution is 0.149. The molecule has 0 spiro atoms. The molecule has 0 radical (unpaired) electrons. The fourth-order valence-electron chi connectivity index (χ4n) is 5.03. The number of fused-ring (bicyclic) bond motifs is 3. The van der Waals surface area contributed by atoms with Gasteiger partial charge in [-0.05, 0) is 92.3 Å². The molecule has 0 bridgehead atoms. The van der Waals surface area contributed by atoms with Crippen molar-refractivity contribution < 1.29 is 15.1 Å². The Morgan fingerprint density at radius 3 is 2.63 bits per heavy atom. The summed E-state index contributed by atoms with van der Waals surface area (Å²) < 4.78 is 0. The van der Waals surface area contributed by atoms with Crippen LogP contribution < -0.4 is 0 Å². The lowest BCUT2D eigenvalue weighted by Crippen LogP contribution is -2.46. The number of oxime groups is 1. The lowest BCUT2D eigenvalue weighted by atomic mass is 9.55. The predicted octanol–water partition coefficient (Wildman–Crippen LogP) is 4.72. The molecule has 0 unspecified atom stereocenters. The van der Waals surface area contributed by atoms with Crippen LogP contribution in [-0.2, 0) is 23.1 Å². The maximum atomic E-state index is 9.96. The zero-order valence-corrected chi connectivity index (χ0v) is 15.8. The number of aromatic hydroxyl groups is 2. The van der Waals surface area contributed by atoms with Gasteiger partial charge in [0, 0.05) is 5.41 Å². The van der Waals surface area contributed by atoms with Crippen LogP contribution in [-0.4, -0.2) is 22.5 Å². The number of rotatable bonds is 4. The summed E-state index contributed by atoms with van der Waals surface area (Å²) in [6.07, 6.45) is 5.97. The second kappa shape index (κ2) is 7.26. The Kier molecular flexibility index (Phi) is 4.81. The number of nitrogens with zero attached hydrogens (tertiary/aromatic N) is 1. The maximum absolute atomic E-state index is 9.96. The minimum Gasteiger partial charge on any atom is -0.508 e. The van der Waals surface area contributed by atoms with Crippen LogP contribution in [0.3, 0.4) is 0 Å². The van der Waals surface area contributed by atoms with E-state index >= 15 is 0 Å². The van der Waals surface area contributed by atoms with E-state index in [0.29, 0.717) is 24.0 Å². The Morgan fingerprint density at radius 1 is 1.07 bits per heavy atom. The highest BCUT2D eigenvalue weighted by Gasteiger charge is 2.47. The summed E-state index contributed by atoms with van der Waals surface area (Å²) in [5.41, 5.74) is 5.10. The van der Waals surface area contributed by atoms with E-state index in [0.717, 1.165) is 38.5 Å². The fourth-order valence-corrected chi connectivity index (χ4v) is 5.03. The molecule has 4 rings (SSSR count). The van der Waals surface area contributed by atoms with Crippen molar-refractivity contribution in [3.63, 3.8) is 0 Å². The number of phenols is 2. The molecule has 2 aliphatic rings. The molecule has 142 valence electrons. The molecule has 2 aromatic rings. The van der Waals surface area contributed by atoms with Crippen molar-refractivity contribution in [2.24, 2.45) is 11.1 Å². The summed E-state index contributed by atoms with van der Waals surface area (Å²) >= 11 is 0. The van der Waals surface area contributed by atoms with E-state index in [1.165, 1.54) is 22.4 Å². The molecule has 4 nitrogen and oxygen atoms in total. The number of phenolic OH excluding ortho intramolecular Hbond substituents is 2. The minimum atomic E-state index is 0.0451. The number of hydrogen-bond donors (Lipinski definition) is 2. The Morgan fingerprint density at radius 2 is 1.85 bits per heavy atom. The van der Waals surface area contributed by atoms with Gasteiger partial charge >= 0.3 is 0 Å². The fraction of sp³-hybridized carbons (Fsp3) is 0.435. The van der Waals surface area contributed by atoms with Crippen LogP contribution in [0.1, 0.15) is 49.3 Å². The molecule has 0 heterocycles. The Bertz CT molecular complexity index is 843. The van der Waals surface area contributed by atoms with Gasteiger partial charge in [-0.1, -0.05) is 23.4 Å². The van der Waals surface area contributed by atoms with Crippen molar-refractivity contribution in [1.29, 1.82) is 0 Å². The van der Waals surface area contributed by atoms with Crippen molar-refractivity contribution in [1.82, 2.24) is 0 Å². The summed E-state index contributed by atoms with van der Waals surface area (Å²) in [6.45, 7) is 2.57. The van der Waals surface area contributed by atoms with Crippen LogP contribution in [0.4, 0.5) is 0 Å². The van der Waals surface area contributed by atoms with Crippen LogP contribution >= 0.6 is 0 Å². The molecule has 2 aromatic carbocycles. The first-order chi connectivity index (χ1) is 13.1. The standard InChI is InChI=1S/C23H27NO3/c1-2-27-24-19-11-12-23(15-16-3-7-20(25)8-4-16)18(14-19)6-5-17-13-21(26)9-10-22(17)23/h3-4,7-10,13,18,25-26H,2,5-6,11-12,14-15H2,1H3/t18-,23-/m0/s1. The third kappa shape index (κ3) is 3.41. The summed E-state index contributed by atoms with van der Waals surface area (Å²) in [5, 5.41) is 24.0. The second-order valence-corrected chi connectivity index (χ2v) is 7.86. The SMILES string of the molecule is CCON=C1CC[C@@]2(Cc3ccc(O)cc3)c3ccc(O)cc3CC[C@H]2C1. The van der Waals surface area contributed by atoms with E-state index in [1.807, 2.05) is 31.2 Å². The van der Waals surface area contributed by atoms with Gasteiger partial charge in [-0.3, -0.25) is 0 Å². The van der Waals surface area contributed by atoms with Crippen LogP contribution in [0, 0.1) is 5.92 Å². The molecule has 0 saturated heterocycles. The molecule has 0 aliphatic heterocycles. The molecule has 2 aliphatic carbocycles. The molecule has 2 atom stereocenters. The normalized spacial score (nSPS) is 25.7. The van der Waals surface area contributed by atoms with Crippen LogP contribution in [0.2, 0.25) is 0 Å². The van der Waals surface area contributed by atoms with Gasteiger partial charge < -0.3 is 15.1 Å². The van der Waals surface area contributed by atoms with E-state index in [9.17, 15) is 10.2 Å². The first-order valence-corrected chi connectivity index (χ1v) is 9.89. The highest BCUT2D eigenvalue weighted by molar-refractivity contribution is 5.85. The van der Waals surface area contributed by atoms with Crippen molar-refractivity contribution >= 4 is 5.71 Å². The Hall–Kier alpha value is -2.49. The molecular weight excluding hydrogens is 338 g/mol. The van der Waals surface area contributed by atoms with E-state index in [-0.39, 0.29) is 5.41 Å². The van der Waals surface area contributed by atoms with E-state index < -0.39 is 0 Å². The summed E-state index contributed by atoms with van der Waals surface area (Å²) in [6, 6.07) is 13.5. The van der Waals surface area contributed by atoms with Gasteiger partial charge in [0.25, 0.3) is 0 Å². The molecule has 2 N–H and O–H groups in total. The maximum Gasteiger partial charge on any atom is 0.115 e. The molecule has 1 saturated carbocycles. The quantitative estimate of drug-likeness (QED) is 0.771. The summed E-state index contributed by atoms with van der Waals surface area (Å²) in [4.78, 5) is 5.33. The van der Waals surface area contributed by atoms with Crippen molar-refractivity contribution in [2.45, 2.75) is 50.9 Å². The number of aryl methyl sites for hydroxylation is 1.